The Labute approximate surface area is 105 Å². The summed E-state index contributed by atoms with van der Waals surface area (Å²) in [6.45, 7) is 0. The third kappa shape index (κ3) is 2.97. The highest BCUT2D eigenvalue weighted by Crippen LogP contribution is 2.31. The van der Waals surface area contributed by atoms with Crippen LogP contribution < -0.4 is 11.3 Å². The molecule has 2 rings (SSSR count). The van der Waals surface area contributed by atoms with E-state index in [0.29, 0.717) is 0 Å². The summed E-state index contributed by atoms with van der Waals surface area (Å²) in [5.41, 5.74) is 0.915. The molecule has 0 aliphatic rings. The number of hydrazine groups is 1. The van der Waals surface area contributed by atoms with Gasteiger partial charge in [0, 0.05) is 5.56 Å². The molecule has 1 heterocycles. The number of rotatable bonds is 2. The molecule has 4 nitrogen and oxygen atoms in total. The van der Waals surface area contributed by atoms with Crippen LogP contribution in [0.2, 0.25) is 0 Å². The molecule has 1 aromatic carbocycles. The second-order valence-corrected chi connectivity index (χ2v) is 3.61. The Morgan fingerprint density at radius 2 is 1.84 bits per heavy atom. The van der Waals surface area contributed by atoms with Crippen molar-refractivity contribution in [3.05, 3.63) is 41.8 Å². The molecule has 1 aromatic heterocycles. The molecule has 8 heteroatoms. The first kappa shape index (κ1) is 13.2. The molecule has 3 N–H and O–H groups in total. The number of anilines is 1. The van der Waals surface area contributed by atoms with Crippen LogP contribution in [0.4, 0.5) is 23.5 Å². The first-order valence-electron chi connectivity index (χ1n) is 5.09. The number of benzene rings is 1. The van der Waals surface area contributed by atoms with Crippen LogP contribution in [0.3, 0.4) is 0 Å². The molecule has 0 bridgehead atoms. The van der Waals surface area contributed by atoms with Crippen molar-refractivity contribution in [1.82, 2.24) is 9.97 Å². The van der Waals surface area contributed by atoms with Gasteiger partial charge in [-0.05, 0) is 18.2 Å². The van der Waals surface area contributed by atoms with Gasteiger partial charge in [-0.25, -0.2) is 20.2 Å². The molecule has 0 aliphatic heterocycles. The topological polar surface area (TPSA) is 63.8 Å². The molecule has 0 saturated heterocycles. The monoisotopic (exact) mass is 272 g/mol. The lowest BCUT2D eigenvalue weighted by Crippen LogP contribution is -2.15. The van der Waals surface area contributed by atoms with E-state index in [1.165, 1.54) is 18.2 Å². The third-order valence-corrected chi connectivity index (χ3v) is 2.27. The Bertz CT molecular complexity index is 597. The molecule has 0 amide bonds. The number of nitrogens with two attached hydrogens (primary N) is 1. The number of hydrogen-bond donors (Lipinski definition) is 2. The fraction of sp³-hybridized carbons (Fsp3) is 0.0909. The van der Waals surface area contributed by atoms with Gasteiger partial charge in [0.25, 0.3) is 0 Å². The maximum atomic E-state index is 13.1. The van der Waals surface area contributed by atoms with E-state index in [2.05, 4.69) is 9.97 Å². The largest absolute Gasteiger partial charge is 0.433 e. The zero-order chi connectivity index (χ0) is 14.0. The van der Waals surface area contributed by atoms with Gasteiger partial charge in [0.15, 0.2) is 5.69 Å². The Morgan fingerprint density at radius 1 is 1.11 bits per heavy atom. The van der Waals surface area contributed by atoms with Crippen LogP contribution in [0, 0.1) is 5.82 Å². The van der Waals surface area contributed by atoms with Crippen LogP contribution in [0.1, 0.15) is 5.69 Å². The average molecular weight is 272 g/mol. The normalized spacial score (nSPS) is 11.4. The first-order chi connectivity index (χ1) is 8.90. The maximum absolute atomic E-state index is 13.1. The molecule has 0 unspecified atom stereocenters. The fourth-order valence-electron chi connectivity index (χ4n) is 1.45. The lowest BCUT2D eigenvalue weighted by molar-refractivity contribution is -0.141. The minimum atomic E-state index is -4.64. The van der Waals surface area contributed by atoms with Crippen LogP contribution in [0.25, 0.3) is 11.3 Å². The van der Waals surface area contributed by atoms with Gasteiger partial charge in [-0.1, -0.05) is 12.1 Å². The van der Waals surface area contributed by atoms with Crippen molar-refractivity contribution in [2.24, 2.45) is 5.84 Å². The van der Waals surface area contributed by atoms with E-state index in [9.17, 15) is 17.6 Å². The zero-order valence-electron chi connectivity index (χ0n) is 9.37. The number of nitrogens with zero attached hydrogens (tertiary/aromatic N) is 2. The van der Waals surface area contributed by atoms with Crippen molar-refractivity contribution < 1.29 is 17.6 Å². The maximum Gasteiger partial charge on any atom is 0.433 e. The standard InChI is InChI=1S/C11H8F4N4/c12-7-3-1-2-6(4-7)8-5-9(11(13,14)15)18-10(17-8)19-16/h1-5H,16H2,(H,17,18,19). The fourth-order valence-corrected chi connectivity index (χ4v) is 1.45. The molecule has 0 spiro atoms. The van der Waals surface area contributed by atoms with Crippen LogP contribution in [0.15, 0.2) is 30.3 Å². The van der Waals surface area contributed by atoms with Gasteiger partial charge >= 0.3 is 6.18 Å². The van der Waals surface area contributed by atoms with Gasteiger partial charge in [-0.3, -0.25) is 5.43 Å². The molecule has 0 saturated carbocycles. The summed E-state index contributed by atoms with van der Waals surface area (Å²) < 4.78 is 51.0. The van der Waals surface area contributed by atoms with Crippen molar-refractivity contribution in [1.29, 1.82) is 0 Å². The second-order valence-electron chi connectivity index (χ2n) is 3.61. The van der Waals surface area contributed by atoms with Gasteiger partial charge in [0.05, 0.1) is 5.69 Å². The number of hydrogen-bond acceptors (Lipinski definition) is 4. The molecule has 0 atom stereocenters. The molecular formula is C11H8F4N4. The molecule has 0 radical (unpaired) electrons. The van der Waals surface area contributed by atoms with Crippen molar-refractivity contribution in [3.8, 4) is 11.3 Å². The van der Waals surface area contributed by atoms with Crippen LogP contribution in [-0.4, -0.2) is 9.97 Å². The summed E-state index contributed by atoms with van der Waals surface area (Å²) in [6.07, 6.45) is -4.64. The van der Waals surface area contributed by atoms with E-state index in [4.69, 9.17) is 5.84 Å². The van der Waals surface area contributed by atoms with Gasteiger partial charge in [-0.2, -0.15) is 13.2 Å². The quantitative estimate of drug-likeness (QED) is 0.501. The van der Waals surface area contributed by atoms with E-state index >= 15 is 0 Å². The van der Waals surface area contributed by atoms with Gasteiger partial charge in [0.1, 0.15) is 5.82 Å². The average Bonchev–Trinajstić information content (AvgIpc) is 2.37. The van der Waals surface area contributed by atoms with Crippen molar-refractivity contribution in [2.75, 3.05) is 5.43 Å². The van der Waals surface area contributed by atoms with E-state index in [1.54, 1.807) is 0 Å². The lowest BCUT2D eigenvalue weighted by atomic mass is 10.1. The molecule has 19 heavy (non-hydrogen) atoms. The SMILES string of the molecule is NNc1nc(-c2cccc(F)c2)cc(C(F)(F)F)n1. The Morgan fingerprint density at radius 3 is 2.42 bits per heavy atom. The molecule has 100 valence electrons. The van der Waals surface area contributed by atoms with Gasteiger partial charge in [-0.15, -0.1) is 0 Å². The number of alkyl halides is 3. The van der Waals surface area contributed by atoms with Crippen molar-refractivity contribution in [3.63, 3.8) is 0 Å². The van der Waals surface area contributed by atoms with Crippen LogP contribution in [-0.2, 0) is 6.18 Å². The molecule has 2 aromatic rings. The van der Waals surface area contributed by atoms with Crippen LogP contribution in [0.5, 0.6) is 0 Å². The van der Waals surface area contributed by atoms with Gasteiger partial charge in [0.2, 0.25) is 5.95 Å². The summed E-state index contributed by atoms with van der Waals surface area (Å²) in [5.74, 6) is 4.05. The number of nitrogen functional groups attached to an aromatic ring is 1. The van der Waals surface area contributed by atoms with E-state index < -0.39 is 23.6 Å². The number of halogens is 4. The highest BCUT2D eigenvalue weighted by Gasteiger charge is 2.33. The first-order valence-corrected chi connectivity index (χ1v) is 5.09. The molecule has 0 aliphatic carbocycles. The van der Waals surface area contributed by atoms with Crippen LogP contribution >= 0.6 is 0 Å². The van der Waals surface area contributed by atoms with E-state index in [0.717, 1.165) is 12.1 Å². The number of aromatic nitrogens is 2. The summed E-state index contributed by atoms with van der Waals surface area (Å²) >= 11 is 0. The lowest BCUT2D eigenvalue weighted by Gasteiger charge is -2.10. The highest BCUT2D eigenvalue weighted by molar-refractivity contribution is 5.61. The smallest absolute Gasteiger partial charge is 0.292 e. The number of nitrogens with one attached hydrogen (secondary N) is 1. The summed E-state index contributed by atoms with van der Waals surface area (Å²) in [7, 11) is 0. The van der Waals surface area contributed by atoms with Crippen molar-refractivity contribution in [2.45, 2.75) is 6.18 Å². The van der Waals surface area contributed by atoms with E-state index in [1.807, 2.05) is 5.43 Å². The van der Waals surface area contributed by atoms with Gasteiger partial charge < -0.3 is 0 Å². The Kier molecular flexibility index (Phi) is 3.34. The predicted octanol–water partition coefficient (Wildman–Crippen LogP) is 2.59. The minimum absolute atomic E-state index is 0.0743. The summed E-state index contributed by atoms with van der Waals surface area (Å²) in [4.78, 5) is 6.97. The Balaban J connectivity index is 2.57. The summed E-state index contributed by atoms with van der Waals surface area (Å²) in [5, 5.41) is 0. The predicted molar refractivity (Wildman–Crippen MR) is 60.2 cm³/mol. The highest BCUT2D eigenvalue weighted by atomic mass is 19.4. The minimum Gasteiger partial charge on any atom is -0.292 e. The zero-order valence-corrected chi connectivity index (χ0v) is 9.37. The molecular weight excluding hydrogens is 264 g/mol. The van der Waals surface area contributed by atoms with Crippen molar-refractivity contribution >= 4 is 5.95 Å². The second kappa shape index (κ2) is 4.81. The summed E-state index contributed by atoms with van der Waals surface area (Å²) in [6, 6.07) is 5.79. The Hall–Kier alpha value is -2.22. The molecule has 0 fully saturated rings. The third-order valence-electron chi connectivity index (χ3n) is 2.27. The van der Waals surface area contributed by atoms with E-state index in [-0.39, 0.29) is 11.3 Å².